The Balaban J connectivity index is 2.10. The highest BCUT2D eigenvalue weighted by atomic mass is 16.6. The van der Waals surface area contributed by atoms with Crippen LogP contribution in [0.4, 0.5) is 0 Å². The summed E-state index contributed by atoms with van der Waals surface area (Å²) in [5, 5.41) is 10.3. The number of aliphatic hydroxyl groups excluding tert-OH is 1. The first-order chi connectivity index (χ1) is 8.74. The Morgan fingerprint density at radius 2 is 2.00 bits per heavy atom. The summed E-state index contributed by atoms with van der Waals surface area (Å²) in [4.78, 5) is 11.2. The number of hydrogen-bond donors (Lipinski definition) is 1. The summed E-state index contributed by atoms with van der Waals surface area (Å²) in [5.74, 6) is 0.527. The van der Waals surface area contributed by atoms with Crippen LogP contribution in [0.3, 0.4) is 0 Å². The van der Waals surface area contributed by atoms with Gasteiger partial charge in [0.25, 0.3) is 0 Å². The Bertz CT molecular complexity index is 350. The minimum atomic E-state index is -0.412. The first kappa shape index (κ1) is 14.8. The molecule has 0 aromatic carbocycles. The summed E-state index contributed by atoms with van der Waals surface area (Å²) in [5.41, 5.74) is -0.120. The Hall–Kier alpha value is -0.570. The molecule has 4 atom stereocenters. The molecule has 110 valence electrons. The summed E-state index contributed by atoms with van der Waals surface area (Å²) in [6, 6.07) is 0. The molecule has 0 radical (unpaired) electrons. The van der Waals surface area contributed by atoms with Crippen molar-refractivity contribution < 1.29 is 14.6 Å². The Kier molecular flexibility index (Phi) is 3.97. The third-order valence-electron chi connectivity index (χ3n) is 5.60. The van der Waals surface area contributed by atoms with E-state index in [-0.39, 0.29) is 12.1 Å². The van der Waals surface area contributed by atoms with Gasteiger partial charge in [-0.05, 0) is 63.2 Å². The lowest BCUT2D eigenvalue weighted by Gasteiger charge is -2.52. The zero-order valence-corrected chi connectivity index (χ0v) is 12.7. The third-order valence-corrected chi connectivity index (χ3v) is 5.60. The first-order valence-corrected chi connectivity index (χ1v) is 7.62. The molecule has 2 rings (SSSR count). The van der Waals surface area contributed by atoms with Gasteiger partial charge in [0, 0.05) is 6.92 Å². The lowest BCUT2D eigenvalue weighted by atomic mass is 9.55. The second-order valence-corrected chi connectivity index (χ2v) is 7.39. The maximum absolute atomic E-state index is 11.2. The maximum atomic E-state index is 11.2. The van der Waals surface area contributed by atoms with Gasteiger partial charge < -0.3 is 9.84 Å². The molecule has 19 heavy (non-hydrogen) atoms. The highest BCUT2D eigenvalue weighted by Gasteiger charge is 2.49. The molecule has 0 heterocycles. The van der Waals surface area contributed by atoms with Crippen molar-refractivity contribution in [2.45, 2.75) is 77.9 Å². The van der Waals surface area contributed by atoms with Crippen LogP contribution in [-0.4, -0.2) is 22.8 Å². The first-order valence-electron chi connectivity index (χ1n) is 7.62. The van der Waals surface area contributed by atoms with E-state index in [0.717, 1.165) is 32.1 Å². The van der Waals surface area contributed by atoms with E-state index in [1.54, 1.807) is 0 Å². The topological polar surface area (TPSA) is 46.5 Å². The van der Waals surface area contributed by atoms with E-state index in [0.29, 0.717) is 17.3 Å². The molecule has 3 heteroatoms. The fourth-order valence-electron chi connectivity index (χ4n) is 4.33. The van der Waals surface area contributed by atoms with Gasteiger partial charge in [0.2, 0.25) is 0 Å². The van der Waals surface area contributed by atoms with E-state index < -0.39 is 5.60 Å². The van der Waals surface area contributed by atoms with E-state index in [2.05, 4.69) is 6.92 Å². The minimum Gasteiger partial charge on any atom is -0.460 e. The summed E-state index contributed by atoms with van der Waals surface area (Å²) >= 11 is 0. The number of rotatable bonds is 2. The number of esters is 1. The maximum Gasteiger partial charge on any atom is 0.303 e. The molecule has 0 unspecified atom stereocenters. The fourth-order valence-corrected chi connectivity index (χ4v) is 4.33. The highest BCUT2D eigenvalue weighted by molar-refractivity contribution is 5.66. The summed E-state index contributed by atoms with van der Waals surface area (Å²) in [7, 11) is 0. The normalized spacial score (nSPS) is 39.5. The fraction of sp³-hybridized carbons (Fsp3) is 0.938. The summed E-state index contributed by atoms with van der Waals surface area (Å²) < 4.78 is 5.50. The van der Waals surface area contributed by atoms with Crippen molar-refractivity contribution in [1.82, 2.24) is 0 Å². The monoisotopic (exact) mass is 268 g/mol. The van der Waals surface area contributed by atoms with Crippen molar-refractivity contribution in [2.75, 3.05) is 0 Å². The van der Waals surface area contributed by atoms with Crippen LogP contribution >= 0.6 is 0 Å². The molecule has 0 aromatic rings. The van der Waals surface area contributed by atoms with Crippen LogP contribution in [0.25, 0.3) is 0 Å². The van der Waals surface area contributed by atoms with Gasteiger partial charge in [0.15, 0.2) is 0 Å². The third kappa shape index (κ3) is 2.96. The SMILES string of the molecule is CC(=O)OC(C)(C)[C@@H]1CC[C@@]2(C)CCC[C@H](O)[C@@H]2C1. The summed E-state index contributed by atoms with van der Waals surface area (Å²) in [6.07, 6.45) is 6.36. The van der Waals surface area contributed by atoms with Crippen molar-refractivity contribution >= 4 is 5.97 Å². The molecule has 0 amide bonds. The summed E-state index contributed by atoms with van der Waals surface area (Å²) in [6.45, 7) is 7.83. The molecular formula is C16H28O3. The zero-order chi connectivity index (χ0) is 14.3. The number of aliphatic hydroxyl groups is 1. The molecule has 2 aliphatic carbocycles. The smallest absolute Gasteiger partial charge is 0.303 e. The van der Waals surface area contributed by atoms with Gasteiger partial charge in [-0.15, -0.1) is 0 Å². The van der Waals surface area contributed by atoms with Gasteiger partial charge >= 0.3 is 5.97 Å². The Morgan fingerprint density at radius 3 is 2.63 bits per heavy atom. The number of carbonyl (C=O) groups excluding carboxylic acids is 1. The lowest BCUT2D eigenvalue weighted by Crippen LogP contribution is -2.49. The molecule has 0 bridgehead atoms. The lowest BCUT2D eigenvalue weighted by molar-refractivity contribution is -0.165. The van der Waals surface area contributed by atoms with Crippen LogP contribution in [0.15, 0.2) is 0 Å². The Morgan fingerprint density at radius 1 is 1.32 bits per heavy atom. The van der Waals surface area contributed by atoms with E-state index in [4.69, 9.17) is 4.74 Å². The molecule has 2 saturated carbocycles. The molecule has 1 N–H and O–H groups in total. The van der Waals surface area contributed by atoms with Crippen LogP contribution in [0, 0.1) is 17.3 Å². The van der Waals surface area contributed by atoms with Gasteiger partial charge in [-0.25, -0.2) is 0 Å². The van der Waals surface area contributed by atoms with Gasteiger partial charge in [-0.3, -0.25) is 4.79 Å². The van der Waals surface area contributed by atoms with Crippen molar-refractivity contribution in [3.63, 3.8) is 0 Å². The van der Waals surface area contributed by atoms with Crippen molar-refractivity contribution in [3.8, 4) is 0 Å². The van der Waals surface area contributed by atoms with Crippen molar-refractivity contribution in [2.24, 2.45) is 17.3 Å². The van der Waals surface area contributed by atoms with E-state index >= 15 is 0 Å². The van der Waals surface area contributed by atoms with Crippen LogP contribution in [-0.2, 0) is 9.53 Å². The van der Waals surface area contributed by atoms with Gasteiger partial charge in [-0.1, -0.05) is 13.3 Å². The number of fused-ring (bicyclic) bond motifs is 1. The number of carbonyl (C=O) groups is 1. The average molecular weight is 268 g/mol. The highest BCUT2D eigenvalue weighted by Crippen LogP contribution is 2.53. The Labute approximate surface area is 116 Å². The van der Waals surface area contributed by atoms with Gasteiger partial charge in [0.05, 0.1) is 6.10 Å². The molecule has 0 spiro atoms. The second kappa shape index (κ2) is 5.08. The van der Waals surface area contributed by atoms with Gasteiger partial charge in [0.1, 0.15) is 5.60 Å². The van der Waals surface area contributed by atoms with Crippen molar-refractivity contribution in [1.29, 1.82) is 0 Å². The minimum absolute atomic E-state index is 0.172. The predicted molar refractivity (Wildman–Crippen MR) is 74.6 cm³/mol. The molecule has 2 aliphatic rings. The zero-order valence-electron chi connectivity index (χ0n) is 12.7. The van der Waals surface area contributed by atoms with Crippen LogP contribution < -0.4 is 0 Å². The molecule has 3 nitrogen and oxygen atoms in total. The molecular weight excluding hydrogens is 240 g/mol. The van der Waals surface area contributed by atoms with E-state index in [1.807, 2.05) is 13.8 Å². The largest absolute Gasteiger partial charge is 0.460 e. The molecule has 0 saturated heterocycles. The second-order valence-electron chi connectivity index (χ2n) is 7.39. The van der Waals surface area contributed by atoms with E-state index in [9.17, 15) is 9.90 Å². The standard InChI is InChI=1S/C16H28O3/c1-11(17)19-15(2,3)12-7-9-16(4)8-5-6-14(18)13(16)10-12/h12-14,18H,5-10H2,1-4H3/t12-,13+,14+,16-/m1/s1. The molecule has 2 fully saturated rings. The number of ether oxygens (including phenoxy) is 1. The average Bonchev–Trinajstić information content (AvgIpc) is 2.26. The van der Waals surface area contributed by atoms with Crippen LogP contribution in [0.5, 0.6) is 0 Å². The predicted octanol–water partition coefficient (Wildman–Crippen LogP) is 3.30. The van der Waals surface area contributed by atoms with Crippen LogP contribution in [0.2, 0.25) is 0 Å². The van der Waals surface area contributed by atoms with Crippen LogP contribution in [0.1, 0.15) is 66.2 Å². The number of hydrogen-bond acceptors (Lipinski definition) is 3. The van der Waals surface area contributed by atoms with Crippen molar-refractivity contribution in [3.05, 3.63) is 0 Å². The molecule has 0 aromatic heterocycles. The van der Waals surface area contributed by atoms with E-state index in [1.165, 1.54) is 13.3 Å². The molecule has 0 aliphatic heterocycles. The quantitative estimate of drug-likeness (QED) is 0.782. The van der Waals surface area contributed by atoms with Gasteiger partial charge in [-0.2, -0.15) is 0 Å².